The van der Waals surface area contributed by atoms with Crippen LogP contribution in [0.3, 0.4) is 0 Å². The minimum absolute atomic E-state index is 0.0938. The Balaban J connectivity index is 2.55. The van der Waals surface area contributed by atoms with Crippen LogP contribution in [0.2, 0.25) is 0 Å². The molecule has 3 N–H and O–H groups in total. The van der Waals surface area contributed by atoms with Crippen LogP contribution in [0, 0.1) is 0 Å². The van der Waals surface area contributed by atoms with E-state index in [1.54, 1.807) is 7.11 Å². The molecule has 0 saturated carbocycles. The molecule has 0 aromatic carbocycles. The molecule has 0 unspecified atom stereocenters. The second kappa shape index (κ2) is 8.25. The van der Waals surface area contributed by atoms with Gasteiger partial charge in [0.2, 0.25) is 5.91 Å². The van der Waals surface area contributed by atoms with Crippen molar-refractivity contribution in [1.29, 1.82) is 0 Å². The normalized spacial score (nSPS) is 10.1. The van der Waals surface area contributed by atoms with Gasteiger partial charge in [-0.3, -0.25) is 4.79 Å². The van der Waals surface area contributed by atoms with E-state index in [2.05, 4.69) is 25.9 Å². The zero-order valence-corrected chi connectivity index (χ0v) is 11.6. The molecular formula is C12H21N5O2. The lowest BCUT2D eigenvalue weighted by molar-refractivity contribution is -0.119. The molecule has 1 heterocycles. The Morgan fingerprint density at radius 2 is 2.11 bits per heavy atom. The molecule has 7 nitrogen and oxygen atoms in total. The lowest BCUT2D eigenvalue weighted by Crippen LogP contribution is -2.32. The molecule has 0 bridgehead atoms. The highest BCUT2D eigenvalue weighted by Crippen LogP contribution is 2.19. The first-order valence-electron chi connectivity index (χ1n) is 6.24. The lowest BCUT2D eigenvalue weighted by Gasteiger charge is -2.12. The van der Waals surface area contributed by atoms with Gasteiger partial charge in [-0.2, -0.15) is 0 Å². The molecule has 1 aromatic rings. The summed E-state index contributed by atoms with van der Waals surface area (Å²) in [5.74, 6) is 1.37. The molecule has 0 aliphatic rings. The van der Waals surface area contributed by atoms with Crippen LogP contribution in [0.5, 0.6) is 0 Å². The van der Waals surface area contributed by atoms with Crippen molar-refractivity contribution in [3.05, 3.63) is 11.9 Å². The summed E-state index contributed by atoms with van der Waals surface area (Å²) < 4.78 is 4.86. The first-order chi connectivity index (χ1) is 9.22. The zero-order chi connectivity index (χ0) is 14.1. The Labute approximate surface area is 113 Å². The molecule has 7 heteroatoms. The fraction of sp³-hybridized carbons (Fsp3) is 0.583. The average Bonchev–Trinajstić information content (AvgIpc) is 2.44. The van der Waals surface area contributed by atoms with E-state index in [9.17, 15) is 4.79 Å². The van der Waals surface area contributed by atoms with Gasteiger partial charge >= 0.3 is 0 Å². The molecule has 1 aromatic heterocycles. The molecule has 106 valence electrons. The van der Waals surface area contributed by atoms with Crippen LogP contribution in [0.15, 0.2) is 6.33 Å². The topological polar surface area (TPSA) is 88.2 Å². The second-order valence-corrected chi connectivity index (χ2v) is 3.85. The molecule has 0 aliphatic heterocycles. The van der Waals surface area contributed by atoms with Crippen molar-refractivity contribution >= 4 is 17.5 Å². The minimum atomic E-state index is -0.0938. The third-order valence-electron chi connectivity index (χ3n) is 2.58. The molecule has 0 spiro atoms. The second-order valence-electron chi connectivity index (χ2n) is 3.85. The van der Waals surface area contributed by atoms with Gasteiger partial charge in [-0.1, -0.05) is 6.92 Å². The quantitative estimate of drug-likeness (QED) is 0.585. The van der Waals surface area contributed by atoms with Crippen molar-refractivity contribution in [1.82, 2.24) is 15.3 Å². The number of aromatic nitrogens is 2. The summed E-state index contributed by atoms with van der Waals surface area (Å²) in [7, 11) is 3.40. The van der Waals surface area contributed by atoms with Gasteiger partial charge in [-0.05, 0) is 6.42 Å². The average molecular weight is 267 g/mol. The van der Waals surface area contributed by atoms with Crippen LogP contribution in [0.4, 0.5) is 11.6 Å². The van der Waals surface area contributed by atoms with Gasteiger partial charge in [-0.25, -0.2) is 9.97 Å². The summed E-state index contributed by atoms with van der Waals surface area (Å²) in [4.78, 5) is 19.9. The predicted octanol–water partition coefficient (Wildman–Crippen LogP) is 0.255. The minimum Gasteiger partial charge on any atom is -0.383 e. The zero-order valence-electron chi connectivity index (χ0n) is 11.6. The predicted molar refractivity (Wildman–Crippen MR) is 74.3 cm³/mol. The summed E-state index contributed by atoms with van der Waals surface area (Å²) in [6.07, 6.45) is 2.25. The molecule has 19 heavy (non-hydrogen) atoms. The summed E-state index contributed by atoms with van der Waals surface area (Å²) in [6, 6.07) is 0. The maximum absolute atomic E-state index is 11.6. The Bertz CT molecular complexity index is 411. The van der Waals surface area contributed by atoms with E-state index in [4.69, 9.17) is 4.74 Å². The van der Waals surface area contributed by atoms with Gasteiger partial charge in [0.05, 0.1) is 13.2 Å². The maximum atomic E-state index is 11.6. The third kappa shape index (κ3) is 4.70. The monoisotopic (exact) mass is 267 g/mol. The number of methoxy groups -OCH3 is 1. The maximum Gasteiger partial charge on any atom is 0.239 e. The number of nitrogens with one attached hydrogen (secondary N) is 3. The van der Waals surface area contributed by atoms with Crippen LogP contribution in [-0.2, 0) is 16.0 Å². The number of ether oxygens (including phenoxy) is 1. The Morgan fingerprint density at radius 3 is 2.74 bits per heavy atom. The highest BCUT2D eigenvalue weighted by Gasteiger charge is 2.09. The SMILES string of the molecule is CCc1c(NC)ncnc1NCC(=O)NCCOC. The Kier molecular flexibility index (Phi) is 6.59. The Hall–Kier alpha value is -1.89. The van der Waals surface area contributed by atoms with Gasteiger partial charge < -0.3 is 20.7 Å². The molecule has 0 aliphatic carbocycles. The van der Waals surface area contributed by atoms with Gasteiger partial charge in [0.1, 0.15) is 18.0 Å². The van der Waals surface area contributed by atoms with Crippen molar-refractivity contribution in [3.8, 4) is 0 Å². The summed E-state index contributed by atoms with van der Waals surface area (Å²) in [6.45, 7) is 3.20. The van der Waals surface area contributed by atoms with Crippen molar-refractivity contribution in [2.24, 2.45) is 0 Å². The molecule has 0 atom stereocenters. The fourth-order valence-corrected chi connectivity index (χ4v) is 1.63. The van der Waals surface area contributed by atoms with E-state index in [1.807, 2.05) is 14.0 Å². The fourth-order valence-electron chi connectivity index (χ4n) is 1.63. The largest absolute Gasteiger partial charge is 0.383 e. The van der Waals surface area contributed by atoms with E-state index in [-0.39, 0.29) is 12.5 Å². The number of hydrogen-bond acceptors (Lipinski definition) is 6. The summed E-state index contributed by atoms with van der Waals surface area (Å²) in [5.41, 5.74) is 0.967. The van der Waals surface area contributed by atoms with Gasteiger partial charge in [0.15, 0.2) is 0 Å². The van der Waals surface area contributed by atoms with Gasteiger partial charge in [0, 0.05) is 26.3 Å². The van der Waals surface area contributed by atoms with E-state index in [0.717, 1.165) is 17.8 Å². The third-order valence-corrected chi connectivity index (χ3v) is 2.58. The summed E-state index contributed by atoms with van der Waals surface area (Å²) in [5, 5.41) is 8.76. The lowest BCUT2D eigenvalue weighted by atomic mass is 10.2. The van der Waals surface area contributed by atoms with Gasteiger partial charge in [0.25, 0.3) is 0 Å². The molecule has 0 radical (unpaired) electrons. The van der Waals surface area contributed by atoms with Crippen molar-refractivity contribution in [3.63, 3.8) is 0 Å². The molecule has 0 fully saturated rings. The molecule has 1 amide bonds. The number of carbonyl (C=O) groups is 1. The van der Waals surface area contributed by atoms with Crippen molar-refractivity contribution in [2.75, 3.05) is 44.5 Å². The standard InChI is InChI=1S/C12H21N5O2/c1-4-9-11(13-2)16-8-17-12(9)15-7-10(18)14-5-6-19-3/h8H,4-7H2,1-3H3,(H,14,18)(H2,13,15,16,17). The smallest absolute Gasteiger partial charge is 0.239 e. The van der Waals surface area contributed by atoms with Crippen LogP contribution >= 0.6 is 0 Å². The van der Waals surface area contributed by atoms with E-state index >= 15 is 0 Å². The van der Waals surface area contributed by atoms with Crippen LogP contribution in [-0.4, -0.2) is 49.7 Å². The highest BCUT2D eigenvalue weighted by molar-refractivity contribution is 5.80. The molecule has 0 saturated heterocycles. The van der Waals surface area contributed by atoms with Gasteiger partial charge in [-0.15, -0.1) is 0 Å². The molecular weight excluding hydrogens is 246 g/mol. The number of hydrogen-bond donors (Lipinski definition) is 3. The van der Waals surface area contributed by atoms with Crippen LogP contribution in [0.25, 0.3) is 0 Å². The number of amides is 1. The van der Waals surface area contributed by atoms with Crippen molar-refractivity contribution in [2.45, 2.75) is 13.3 Å². The number of carbonyl (C=O) groups excluding carboxylic acids is 1. The van der Waals surface area contributed by atoms with E-state index < -0.39 is 0 Å². The number of nitrogens with zero attached hydrogens (tertiary/aromatic N) is 2. The summed E-state index contributed by atoms with van der Waals surface area (Å²) >= 11 is 0. The van der Waals surface area contributed by atoms with Crippen LogP contribution < -0.4 is 16.0 Å². The van der Waals surface area contributed by atoms with Crippen molar-refractivity contribution < 1.29 is 9.53 Å². The first-order valence-corrected chi connectivity index (χ1v) is 6.24. The Morgan fingerprint density at radius 1 is 1.37 bits per heavy atom. The highest BCUT2D eigenvalue weighted by atomic mass is 16.5. The first kappa shape index (κ1) is 15.2. The number of rotatable bonds is 8. The van der Waals surface area contributed by atoms with E-state index in [1.165, 1.54) is 6.33 Å². The van der Waals surface area contributed by atoms with Crippen LogP contribution in [0.1, 0.15) is 12.5 Å². The number of anilines is 2. The molecule has 1 rings (SSSR count). The van der Waals surface area contributed by atoms with E-state index in [0.29, 0.717) is 19.0 Å².